The molecule has 0 radical (unpaired) electrons. The molecule has 1 aromatic carbocycles. The van der Waals surface area contributed by atoms with Crippen LogP contribution < -0.4 is 5.32 Å². The molecule has 0 aliphatic heterocycles. The van der Waals surface area contributed by atoms with Gasteiger partial charge in [0.25, 0.3) is 5.91 Å². The zero-order chi connectivity index (χ0) is 15.4. The summed E-state index contributed by atoms with van der Waals surface area (Å²) in [6, 6.07) is 13.2. The highest BCUT2D eigenvalue weighted by Crippen LogP contribution is 2.16. The summed E-state index contributed by atoms with van der Waals surface area (Å²) in [5.41, 5.74) is 3.02. The zero-order valence-corrected chi connectivity index (χ0v) is 13.2. The third kappa shape index (κ3) is 3.40. The molecule has 0 spiro atoms. The zero-order valence-electron chi connectivity index (χ0n) is 11.6. The molecule has 0 bridgehead atoms. The van der Waals surface area contributed by atoms with Crippen molar-refractivity contribution in [2.24, 2.45) is 0 Å². The Morgan fingerprint density at radius 3 is 2.77 bits per heavy atom. The Morgan fingerprint density at radius 2 is 2.05 bits per heavy atom. The number of benzene rings is 1. The molecule has 2 heterocycles. The maximum absolute atomic E-state index is 12.1. The standard InChI is InChI=1S/C16H13BrN4O/c17-13-5-3-11(4-6-13)9-19-16(22)15-8-14(20-21-15)12-2-1-7-18-10-12/h1-8,10H,9H2,(H,19,22)(H,20,21). The summed E-state index contributed by atoms with van der Waals surface area (Å²) in [6.45, 7) is 0.466. The lowest BCUT2D eigenvalue weighted by Gasteiger charge is -2.03. The number of H-pyrrole nitrogens is 1. The lowest BCUT2D eigenvalue weighted by atomic mass is 10.2. The lowest BCUT2D eigenvalue weighted by Crippen LogP contribution is -2.23. The Balaban J connectivity index is 1.66. The summed E-state index contributed by atoms with van der Waals surface area (Å²) in [5, 5.41) is 9.75. The van der Waals surface area contributed by atoms with E-state index in [1.54, 1.807) is 18.5 Å². The smallest absolute Gasteiger partial charge is 0.269 e. The molecule has 0 saturated carbocycles. The maximum atomic E-state index is 12.1. The Bertz CT molecular complexity index is 768. The molecule has 5 nitrogen and oxygen atoms in total. The molecule has 0 aliphatic rings. The predicted octanol–water partition coefficient (Wildman–Crippen LogP) is 3.16. The van der Waals surface area contributed by atoms with Crippen LogP contribution in [0.2, 0.25) is 0 Å². The van der Waals surface area contributed by atoms with E-state index in [2.05, 4.69) is 36.4 Å². The van der Waals surface area contributed by atoms with Crippen molar-refractivity contribution in [3.63, 3.8) is 0 Å². The van der Waals surface area contributed by atoms with Gasteiger partial charge in [-0.1, -0.05) is 28.1 Å². The number of pyridine rings is 1. The third-order valence-corrected chi connectivity index (χ3v) is 3.67. The molecule has 0 unspecified atom stereocenters. The van der Waals surface area contributed by atoms with Crippen molar-refractivity contribution >= 4 is 21.8 Å². The fourth-order valence-electron chi connectivity index (χ4n) is 1.98. The summed E-state index contributed by atoms with van der Waals surface area (Å²) >= 11 is 3.38. The Kier molecular flexibility index (Phi) is 4.29. The first-order valence-corrected chi connectivity index (χ1v) is 7.50. The number of rotatable bonds is 4. The molecule has 1 amide bonds. The summed E-state index contributed by atoms with van der Waals surface area (Å²) in [6.07, 6.45) is 3.40. The van der Waals surface area contributed by atoms with Gasteiger partial charge in [0.1, 0.15) is 5.69 Å². The van der Waals surface area contributed by atoms with Gasteiger partial charge in [0.2, 0.25) is 0 Å². The second kappa shape index (κ2) is 6.53. The van der Waals surface area contributed by atoms with E-state index in [0.717, 1.165) is 15.6 Å². The SMILES string of the molecule is O=C(NCc1ccc(Br)cc1)c1cc(-c2cccnc2)n[nH]1. The van der Waals surface area contributed by atoms with E-state index in [4.69, 9.17) is 0 Å². The molecule has 3 rings (SSSR count). The molecule has 0 aliphatic carbocycles. The van der Waals surface area contributed by atoms with Crippen molar-refractivity contribution in [1.82, 2.24) is 20.5 Å². The van der Waals surface area contributed by atoms with Crippen molar-refractivity contribution in [1.29, 1.82) is 0 Å². The molecular formula is C16H13BrN4O. The van der Waals surface area contributed by atoms with Crippen LogP contribution in [0.15, 0.2) is 59.3 Å². The van der Waals surface area contributed by atoms with Gasteiger partial charge in [0.15, 0.2) is 0 Å². The maximum Gasteiger partial charge on any atom is 0.269 e. The van der Waals surface area contributed by atoms with Gasteiger partial charge in [0, 0.05) is 29.0 Å². The minimum Gasteiger partial charge on any atom is -0.347 e. The number of aromatic amines is 1. The number of hydrogen-bond acceptors (Lipinski definition) is 3. The predicted molar refractivity (Wildman–Crippen MR) is 87.1 cm³/mol. The molecule has 0 saturated heterocycles. The minimum absolute atomic E-state index is 0.189. The summed E-state index contributed by atoms with van der Waals surface area (Å²) in [5.74, 6) is -0.189. The normalized spacial score (nSPS) is 10.4. The summed E-state index contributed by atoms with van der Waals surface area (Å²) < 4.78 is 1.01. The van der Waals surface area contributed by atoms with Gasteiger partial charge in [-0.15, -0.1) is 0 Å². The van der Waals surface area contributed by atoms with Crippen LogP contribution in [-0.4, -0.2) is 21.1 Å². The van der Waals surface area contributed by atoms with Crippen molar-refractivity contribution in [3.05, 3.63) is 70.6 Å². The van der Waals surface area contributed by atoms with Gasteiger partial charge >= 0.3 is 0 Å². The number of carbonyl (C=O) groups is 1. The van der Waals surface area contributed by atoms with Crippen molar-refractivity contribution < 1.29 is 4.79 Å². The number of amides is 1. The quantitative estimate of drug-likeness (QED) is 0.754. The van der Waals surface area contributed by atoms with Gasteiger partial charge < -0.3 is 5.32 Å². The highest BCUT2D eigenvalue weighted by Gasteiger charge is 2.10. The van der Waals surface area contributed by atoms with E-state index >= 15 is 0 Å². The molecule has 22 heavy (non-hydrogen) atoms. The van der Waals surface area contributed by atoms with Crippen LogP contribution in [0.25, 0.3) is 11.3 Å². The lowest BCUT2D eigenvalue weighted by molar-refractivity contribution is 0.0946. The third-order valence-electron chi connectivity index (χ3n) is 3.15. The van der Waals surface area contributed by atoms with Crippen LogP contribution in [0.3, 0.4) is 0 Å². The first-order chi connectivity index (χ1) is 10.7. The van der Waals surface area contributed by atoms with Crippen LogP contribution in [0.4, 0.5) is 0 Å². The van der Waals surface area contributed by atoms with Crippen molar-refractivity contribution in [3.8, 4) is 11.3 Å². The largest absolute Gasteiger partial charge is 0.347 e. The minimum atomic E-state index is -0.189. The molecular weight excluding hydrogens is 344 g/mol. The van der Waals surface area contributed by atoms with Crippen LogP contribution in [0, 0.1) is 0 Å². The second-order valence-corrected chi connectivity index (χ2v) is 5.63. The van der Waals surface area contributed by atoms with Crippen molar-refractivity contribution in [2.75, 3.05) is 0 Å². The molecule has 2 N–H and O–H groups in total. The number of aromatic nitrogens is 3. The average Bonchev–Trinajstić information content (AvgIpc) is 3.05. The van der Waals surface area contributed by atoms with E-state index < -0.39 is 0 Å². The van der Waals surface area contributed by atoms with Gasteiger partial charge in [0.05, 0.1) is 5.69 Å². The first-order valence-electron chi connectivity index (χ1n) is 6.71. The van der Waals surface area contributed by atoms with Gasteiger partial charge in [-0.3, -0.25) is 14.9 Å². The van der Waals surface area contributed by atoms with Crippen LogP contribution in [-0.2, 0) is 6.54 Å². The highest BCUT2D eigenvalue weighted by molar-refractivity contribution is 9.10. The number of nitrogens with zero attached hydrogens (tertiary/aromatic N) is 2. The molecule has 0 atom stereocenters. The van der Waals surface area contributed by atoms with E-state index in [1.165, 1.54) is 0 Å². The number of hydrogen-bond donors (Lipinski definition) is 2. The van der Waals surface area contributed by atoms with Gasteiger partial charge in [-0.05, 0) is 35.9 Å². The van der Waals surface area contributed by atoms with E-state index in [1.807, 2.05) is 36.4 Å². The van der Waals surface area contributed by atoms with Gasteiger partial charge in [-0.25, -0.2) is 0 Å². The van der Waals surface area contributed by atoms with E-state index in [0.29, 0.717) is 17.9 Å². The topological polar surface area (TPSA) is 70.7 Å². The van der Waals surface area contributed by atoms with Crippen LogP contribution >= 0.6 is 15.9 Å². The van der Waals surface area contributed by atoms with Crippen LogP contribution in [0.1, 0.15) is 16.1 Å². The number of nitrogens with one attached hydrogen (secondary N) is 2. The average molecular weight is 357 g/mol. The van der Waals surface area contributed by atoms with Crippen LogP contribution in [0.5, 0.6) is 0 Å². The van der Waals surface area contributed by atoms with E-state index in [9.17, 15) is 4.79 Å². The van der Waals surface area contributed by atoms with Crippen molar-refractivity contribution in [2.45, 2.75) is 6.54 Å². The summed E-state index contributed by atoms with van der Waals surface area (Å²) in [7, 11) is 0. The number of halogens is 1. The Hall–Kier alpha value is -2.47. The number of carbonyl (C=O) groups excluding carboxylic acids is 1. The summed E-state index contributed by atoms with van der Waals surface area (Å²) in [4.78, 5) is 16.2. The molecule has 110 valence electrons. The van der Waals surface area contributed by atoms with E-state index in [-0.39, 0.29) is 5.91 Å². The fourth-order valence-corrected chi connectivity index (χ4v) is 2.24. The fraction of sp³-hybridized carbons (Fsp3) is 0.0625. The molecule has 3 aromatic rings. The second-order valence-electron chi connectivity index (χ2n) is 4.72. The molecule has 2 aromatic heterocycles. The Labute approximate surface area is 135 Å². The molecule has 0 fully saturated rings. The monoisotopic (exact) mass is 356 g/mol. The first kappa shape index (κ1) is 14.5. The highest BCUT2D eigenvalue weighted by atomic mass is 79.9. The molecule has 6 heteroatoms. The Morgan fingerprint density at radius 1 is 1.23 bits per heavy atom. The van der Waals surface area contributed by atoms with Gasteiger partial charge in [-0.2, -0.15) is 5.10 Å².